The zero-order chi connectivity index (χ0) is 19.9. The molecule has 1 amide bonds. The number of benzene rings is 2. The first kappa shape index (κ1) is 18.2. The third-order valence-corrected chi connectivity index (χ3v) is 6.55. The molecule has 2 aromatic carbocycles. The van der Waals surface area contributed by atoms with Crippen LogP contribution in [0.3, 0.4) is 0 Å². The smallest absolute Gasteiger partial charge is 0.260 e. The summed E-state index contributed by atoms with van der Waals surface area (Å²) in [7, 11) is -3.75. The number of hydrogen-bond donors (Lipinski definition) is 4. The Balaban J connectivity index is 1.69. The summed E-state index contributed by atoms with van der Waals surface area (Å²) in [6.07, 6.45) is 0. The highest BCUT2D eigenvalue weighted by Gasteiger charge is 2.39. The van der Waals surface area contributed by atoms with Gasteiger partial charge in [-0.1, -0.05) is 24.3 Å². The zero-order valence-electron chi connectivity index (χ0n) is 14.9. The molecule has 0 fully saturated rings. The minimum Gasteiger partial charge on any atom is -0.507 e. The number of carbonyl (C=O) groups excluding carboxylic acids is 1. The molecule has 144 valence electrons. The molecule has 0 bridgehead atoms. The number of sulfone groups is 1. The van der Waals surface area contributed by atoms with Crippen LogP contribution >= 0.6 is 0 Å². The maximum Gasteiger partial charge on any atom is 0.260 e. The van der Waals surface area contributed by atoms with E-state index in [1.807, 2.05) is 13.0 Å². The lowest BCUT2D eigenvalue weighted by Gasteiger charge is -2.15. The molecule has 1 unspecified atom stereocenters. The first-order valence-corrected chi connectivity index (χ1v) is 10.1. The molecule has 0 spiro atoms. The van der Waals surface area contributed by atoms with E-state index in [2.05, 4.69) is 20.8 Å². The van der Waals surface area contributed by atoms with Gasteiger partial charge >= 0.3 is 0 Å². The number of aryl methyl sites for hydroxylation is 1. The van der Waals surface area contributed by atoms with Crippen molar-refractivity contribution in [2.45, 2.75) is 23.7 Å². The Morgan fingerprint density at radius 1 is 1.21 bits per heavy atom. The molecule has 9 heteroatoms. The van der Waals surface area contributed by atoms with Crippen molar-refractivity contribution in [3.63, 3.8) is 0 Å². The summed E-state index contributed by atoms with van der Waals surface area (Å²) in [4.78, 5) is 12.7. The van der Waals surface area contributed by atoms with Crippen LogP contribution < -0.4 is 10.6 Å². The molecule has 2 heterocycles. The predicted octanol–water partition coefficient (Wildman–Crippen LogP) is 2.25. The Morgan fingerprint density at radius 3 is 2.75 bits per heavy atom. The Hall–Kier alpha value is -3.17. The molecule has 28 heavy (non-hydrogen) atoms. The van der Waals surface area contributed by atoms with Crippen LogP contribution in [0.4, 0.5) is 5.82 Å². The molecule has 3 aromatic rings. The van der Waals surface area contributed by atoms with Gasteiger partial charge in [0.1, 0.15) is 11.1 Å². The van der Waals surface area contributed by atoms with E-state index in [1.165, 1.54) is 12.1 Å². The monoisotopic (exact) mass is 398 g/mol. The number of amides is 1. The Bertz CT molecular complexity index is 1170. The summed E-state index contributed by atoms with van der Waals surface area (Å²) >= 11 is 0. The number of phenolic OH excluding ortho intramolecular Hbond substituents is 1. The molecule has 0 saturated carbocycles. The van der Waals surface area contributed by atoms with Gasteiger partial charge < -0.3 is 10.4 Å². The summed E-state index contributed by atoms with van der Waals surface area (Å²) in [6.45, 7) is 2.10. The Kier molecular flexibility index (Phi) is 4.40. The van der Waals surface area contributed by atoms with Crippen molar-refractivity contribution in [1.29, 1.82) is 0 Å². The van der Waals surface area contributed by atoms with Crippen LogP contribution in [-0.2, 0) is 16.4 Å². The molecule has 8 nitrogen and oxygen atoms in total. The van der Waals surface area contributed by atoms with E-state index < -0.39 is 21.1 Å². The van der Waals surface area contributed by atoms with E-state index in [-0.39, 0.29) is 28.6 Å². The summed E-state index contributed by atoms with van der Waals surface area (Å²) in [5.41, 5.74) is 1.88. The normalized spacial score (nSPS) is 16.0. The fraction of sp³-hybridized carbons (Fsp3) is 0.158. The molecule has 4 N–H and O–H groups in total. The van der Waals surface area contributed by atoms with E-state index in [0.717, 1.165) is 5.56 Å². The van der Waals surface area contributed by atoms with Crippen LogP contribution in [0, 0.1) is 6.92 Å². The molecule has 1 aliphatic heterocycles. The molecule has 0 aliphatic carbocycles. The topological polar surface area (TPSA) is 124 Å². The standard InChI is InChI=1S/C19H18N4O4S/c1-11-5-4-6-12(9-11)28(26,27)19-16-14(10-20-19)22-23-17(16)21-18(25)13-7-2-3-8-15(13)24/h2-9,19-20,24H,10H2,1H3,(H2,21,22,23,25). The lowest BCUT2D eigenvalue weighted by Crippen LogP contribution is -2.24. The largest absolute Gasteiger partial charge is 0.507 e. The van der Waals surface area contributed by atoms with Crippen molar-refractivity contribution in [3.05, 3.63) is 70.9 Å². The number of nitrogens with zero attached hydrogens (tertiary/aromatic N) is 1. The van der Waals surface area contributed by atoms with Gasteiger partial charge in [0.15, 0.2) is 15.7 Å². The van der Waals surface area contributed by atoms with Crippen LogP contribution in [0.1, 0.15) is 32.6 Å². The number of aromatic amines is 1. The van der Waals surface area contributed by atoms with E-state index in [0.29, 0.717) is 11.3 Å². The van der Waals surface area contributed by atoms with E-state index in [4.69, 9.17) is 0 Å². The van der Waals surface area contributed by atoms with Crippen molar-refractivity contribution in [2.24, 2.45) is 0 Å². The first-order chi connectivity index (χ1) is 13.4. The van der Waals surface area contributed by atoms with Gasteiger partial charge in [0.05, 0.1) is 21.7 Å². The van der Waals surface area contributed by atoms with Gasteiger partial charge in [0.2, 0.25) is 0 Å². The fourth-order valence-electron chi connectivity index (χ4n) is 3.23. The maximum atomic E-state index is 13.2. The number of aromatic hydroxyl groups is 1. The molecular formula is C19H18N4O4S. The minimum absolute atomic E-state index is 0.0725. The number of carbonyl (C=O) groups is 1. The summed E-state index contributed by atoms with van der Waals surface area (Å²) < 4.78 is 26.3. The van der Waals surface area contributed by atoms with Crippen molar-refractivity contribution in [3.8, 4) is 5.75 Å². The van der Waals surface area contributed by atoms with Crippen molar-refractivity contribution < 1.29 is 18.3 Å². The molecule has 1 aliphatic rings. The lowest BCUT2D eigenvalue weighted by molar-refractivity contribution is 0.102. The van der Waals surface area contributed by atoms with Gasteiger partial charge in [-0.25, -0.2) is 8.42 Å². The van der Waals surface area contributed by atoms with Gasteiger partial charge in [-0.3, -0.25) is 15.2 Å². The summed E-state index contributed by atoms with van der Waals surface area (Å²) in [5.74, 6) is -0.630. The minimum atomic E-state index is -3.75. The van der Waals surface area contributed by atoms with Crippen LogP contribution in [0.2, 0.25) is 0 Å². The number of nitrogens with one attached hydrogen (secondary N) is 3. The van der Waals surface area contributed by atoms with Crippen LogP contribution in [0.25, 0.3) is 0 Å². The number of rotatable bonds is 4. The number of phenols is 1. The maximum absolute atomic E-state index is 13.2. The molecule has 0 saturated heterocycles. The number of para-hydroxylation sites is 1. The molecular weight excluding hydrogens is 380 g/mol. The van der Waals surface area contributed by atoms with Crippen molar-refractivity contribution in [2.75, 3.05) is 5.32 Å². The average molecular weight is 398 g/mol. The van der Waals surface area contributed by atoms with Crippen LogP contribution in [-0.4, -0.2) is 29.6 Å². The second kappa shape index (κ2) is 6.77. The third kappa shape index (κ3) is 3.04. The van der Waals surface area contributed by atoms with Gasteiger partial charge in [0, 0.05) is 6.54 Å². The third-order valence-electron chi connectivity index (χ3n) is 4.62. The average Bonchev–Trinajstić information content (AvgIpc) is 3.25. The van der Waals surface area contributed by atoms with E-state index in [9.17, 15) is 18.3 Å². The van der Waals surface area contributed by atoms with Gasteiger partial charge in [-0.05, 0) is 36.8 Å². The van der Waals surface area contributed by atoms with Crippen LogP contribution in [0.15, 0.2) is 53.4 Å². The van der Waals surface area contributed by atoms with E-state index in [1.54, 1.807) is 30.3 Å². The molecule has 4 rings (SSSR count). The van der Waals surface area contributed by atoms with Gasteiger partial charge in [-0.15, -0.1) is 0 Å². The number of fused-ring (bicyclic) bond motifs is 1. The van der Waals surface area contributed by atoms with Gasteiger partial charge in [-0.2, -0.15) is 5.10 Å². The Labute approximate surface area is 161 Å². The Morgan fingerprint density at radius 2 is 2.00 bits per heavy atom. The molecule has 1 atom stereocenters. The number of anilines is 1. The van der Waals surface area contributed by atoms with Gasteiger partial charge in [0.25, 0.3) is 5.91 Å². The molecule has 0 radical (unpaired) electrons. The summed E-state index contributed by atoms with van der Waals surface area (Å²) in [6, 6.07) is 12.8. The lowest BCUT2D eigenvalue weighted by atomic mass is 10.2. The predicted molar refractivity (Wildman–Crippen MR) is 103 cm³/mol. The molecule has 1 aromatic heterocycles. The SMILES string of the molecule is Cc1cccc(S(=O)(=O)C2NCc3[nH]nc(NC(=O)c4ccccc4O)c32)c1. The first-order valence-electron chi connectivity index (χ1n) is 8.58. The quantitative estimate of drug-likeness (QED) is 0.534. The van der Waals surface area contributed by atoms with Crippen LogP contribution in [0.5, 0.6) is 5.75 Å². The highest BCUT2D eigenvalue weighted by atomic mass is 32.2. The number of H-pyrrole nitrogens is 1. The number of aromatic nitrogens is 2. The van der Waals surface area contributed by atoms with Crippen molar-refractivity contribution in [1.82, 2.24) is 15.5 Å². The number of hydrogen-bond acceptors (Lipinski definition) is 6. The zero-order valence-corrected chi connectivity index (χ0v) is 15.7. The highest BCUT2D eigenvalue weighted by molar-refractivity contribution is 7.91. The van der Waals surface area contributed by atoms with Crippen molar-refractivity contribution >= 4 is 21.6 Å². The second-order valence-corrected chi connectivity index (χ2v) is 8.59. The second-order valence-electron chi connectivity index (χ2n) is 6.56. The van der Waals surface area contributed by atoms with E-state index >= 15 is 0 Å². The summed E-state index contributed by atoms with van der Waals surface area (Å²) in [5, 5.41) is 21.2. The fourth-order valence-corrected chi connectivity index (χ4v) is 4.99. The highest BCUT2D eigenvalue weighted by Crippen LogP contribution is 2.37.